The molecule has 1 amide bonds. The summed E-state index contributed by atoms with van der Waals surface area (Å²) >= 11 is 0. The molecule has 188 valence electrons. The van der Waals surface area contributed by atoms with Gasteiger partial charge in [0.15, 0.2) is 0 Å². The number of aromatic nitrogens is 1. The second kappa shape index (κ2) is 9.74. The van der Waals surface area contributed by atoms with Gasteiger partial charge in [0.05, 0.1) is 37.1 Å². The van der Waals surface area contributed by atoms with Crippen molar-refractivity contribution in [1.82, 2.24) is 9.47 Å². The summed E-state index contributed by atoms with van der Waals surface area (Å²) in [6, 6.07) is 14.3. The number of methoxy groups -OCH3 is 1. The first-order valence-electron chi connectivity index (χ1n) is 13.4. The number of hydrogen-bond acceptors (Lipinski definition) is 4. The van der Waals surface area contributed by atoms with Crippen LogP contribution in [0.1, 0.15) is 72.0 Å². The number of amides is 1. The molecule has 0 radical (unpaired) electrons. The van der Waals surface area contributed by atoms with E-state index in [1.807, 2.05) is 17.0 Å². The molecule has 2 aromatic carbocycles. The lowest BCUT2D eigenvalue weighted by Gasteiger charge is -2.34. The maximum atomic E-state index is 14.0. The number of aryl methyl sites for hydroxylation is 1. The van der Waals surface area contributed by atoms with Crippen molar-refractivity contribution in [1.29, 1.82) is 0 Å². The van der Waals surface area contributed by atoms with E-state index in [-0.39, 0.29) is 17.9 Å². The second-order valence-corrected chi connectivity index (χ2v) is 10.3. The Morgan fingerprint density at radius 3 is 2.42 bits per heavy atom. The van der Waals surface area contributed by atoms with Crippen molar-refractivity contribution in [3.63, 3.8) is 0 Å². The van der Waals surface area contributed by atoms with Crippen LogP contribution >= 0.6 is 0 Å². The molecule has 2 aliphatic heterocycles. The van der Waals surface area contributed by atoms with Crippen LogP contribution in [0.15, 0.2) is 42.5 Å². The molecule has 0 N–H and O–H groups in total. The topological polar surface area (TPSA) is 60.8 Å². The first-order chi connectivity index (χ1) is 17.7. The van der Waals surface area contributed by atoms with Gasteiger partial charge >= 0.3 is 5.97 Å². The van der Waals surface area contributed by atoms with E-state index in [9.17, 15) is 9.59 Å². The number of esters is 1. The summed E-state index contributed by atoms with van der Waals surface area (Å²) in [5.41, 5.74) is 6.35. The van der Waals surface area contributed by atoms with Crippen molar-refractivity contribution < 1.29 is 19.1 Å². The van der Waals surface area contributed by atoms with Gasteiger partial charge in [0.1, 0.15) is 6.04 Å². The van der Waals surface area contributed by atoms with E-state index < -0.39 is 0 Å². The molecular formula is C30H34N2O4. The van der Waals surface area contributed by atoms with E-state index in [1.165, 1.54) is 37.3 Å². The van der Waals surface area contributed by atoms with Crippen LogP contribution in [-0.4, -0.2) is 54.8 Å². The van der Waals surface area contributed by atoms with E-state index in [0.29, 0.717) is 50.6 Å². The van der Waals surface area contributed by atoms with Gasteiger partial charge in [-0.3, -0.25) is 4.79 Å². The van der Waals surface area contributed by atoms with Crippen LogP contribution in [0, 0.1) is 0 Å². The van der Waals surface area contributed by atoms with Crippen LogP contribution in [0.3, 0.4) is 0 Å². The van der Waals surface area contributed by atoms with Gasteiger partial charge in [0.2, 0.25) is 5.91 Å². The van der Waals surface area contributed by atoms with Crippen LogP contribution < -0.4 is 0 Å². The Balaban J connectivity index is 1.64. The highest BCUT2D eigenvalue weighted by Crippen LogP contribution is 2.49. The Morgan fingerprint density at radius 2 is 1.69 bits per heavy atom. The molecule has 6 nitrogen and oxygen atoms in total. The largest absolute Gasteiger partial charge is 0.465 e. The molecule has 1 aromatic heterocycles. The van der Waals surface area contributed by atoms with E-state index in [0.717, 1.165) is 35.2 Å². The Bertz CT molecular complexity index is 1280. The molecule has 1 unspecified atom stereocenters. The number of hydrogen-bond donors (Lipinski definition) is 0. The van der Waals surface area contributed by atoms with Crippen molar-refractivity contribution in [2.24, 2.45) is 0 Å². The maximum absolute atomic E-state index is 14.0. The highest BCUT2D eigenvalue weighted by molar-refractivity contribution is 6.03. The van der Waals surface area contributed by atoms with Gasteiger partial charge in [-0.1, -0.05) is 55.7 Å². The van der Waals surface area contributed by atoms with Crippen LogP contribution in [0.4, 0.5) is 0 Å². The minimum Gasteiger partial charge on any atom is -0.465 e. The number of morpholine rings is 1. The van der Waals surface area contributed by atoms with Gasteiger partial charge in [-0.05, 0) is 54.4 Å². The average Bonchev–Trinajstić information content (AvgIpc) is 3.30. The van der Waals surface area contributed by atoms with Crippen molar-refractivity contribution in [3.05, 3.63) is 59.2 Å². The van der Waals surface area contributed by atoms with Crippen molar-refractivity contribution in [3.8, 4) is 11.3 Å². The predicted octanol–water partition coefficient (Wildman–Crippen LogP) is 5.49. The third-order valence-electron chi connectivity index (χ3n) is 8.36. The molecule has 3 heterocycles. The molecule has 3 aliphatic rings. The fraction of sp³-hybridized carbons (Fsp3) is 0.467. The van der Waals surface area contributed by atoms with Crippen LogP contribution in [0.25, 0.3) is 22.2 Å². The predicted molar refractivity (Wildman–Crippen MR) is 139 cm³/mol. The Labute approximate surface area is 212 Å². The van der Waals surface area contributed by atoms with Crippen molar-refractivity contribution in [2.75, 3.05) is 33.4 Å². The van der Waals surface area contributed by atoms with Gasteiger partial charge in [0, 0.05) is 18.5 Å². The molecule has 6 rings (SSSR count). The number of rotatable bonds is 4. The third kappa shape index (κ3) is 3.83. The zero-order valence-corrected chi connectivity index (χ0v) is 21.0. The Morgan fingerprint density at radius 1 is 0.944 bits per heavy atom. The third-order valence-corrected chi connectivity index (χ3v) is 8.36. The number of ether oxygens (including phenoxy) is 2. The standard InChI is InChI=1S/C30H34N2O4/c1-35-30(34)23-12-13-24-26(20-8-4-2-5-9-20)27(21-10-6-3-7-11-21)32-25(15-14-22(23)28(24)32)29(33)31-16-18-36-19-17-31/h3,6-7,10-13,20,25H,2,4-5,8-9,14-19H2,1H3. The second-order valence-electron chi connectivity index (χ2n) is 10.3. The lowest BCUT2D eigenvalue weighted by atomic mass is 9.81. The zero-order valence-electron chi connectivity index (χ0n) is 21.0. The molecule has 3 aromatic rings. The Kier molecular flexibility index (Phi) is 6.30. The zero-order chi connectivity index (χ0) is 24.6. The minimum absolute atomic E-state index is 0.164. The first kappa shape index (κ1) is 23.3. The molecular weight excluding hydrogens is 452 g/mol. The number of nitrogens with zero attached hydrogens (tertiary/aromatic N) is 2. The molecule has 1 saturated heterocycles. The molecule has 6 heteroatoms. The average molecular weight is 487 g/mol. The summed E-state index contributed by atoms with van der Waals surface area (Å²) in [5.74, 6) is 0.307. The Hall–Kier alpha value is -3.12. The summed E-state index contributed by atoms with van der Waals surface area (Å²) in [6.45, 7) is 2.43. The maximum Gasteiger partial charge on any atom is 0.338 e. The fourth-order valence-corrected chi connectivity index (χ4v) is 6.70. The van der Waals surface area contributed by atoms with Crippen LogP contribution in [-0.2, 0) is 20.7 Å². The molecule has 1 atom stereocenters. The molecule has 0 spiro atoms. The van der Waals surface area contributed by atoms with Gasteiger partial charge in [0.25, 0.3) is 0 Å². The van der Waals surface area contributed by atoms with Crippen molar-refractivity contribution >= 4 is 22.8 Å². The van der Waals surface area contributed by atoms with E-state index in [2.05, 4.69) is 34.9 Å². The summed E-state index contributed by atoms with van der Waals surface area (Å²) in [5, 5.41) is 1.20. The lowest BCUT2D eigenvalue weighted by molar-refractivity contribution is -0.139. The number of benzene rings is 2. The summed E-state index contributed by atoms with van der Waals surface area (Å²) in [4.78, 5) is 28.7. The van der Waals surface area contributed by atoms with Crippen LogP contribution in [0.5, 0.6) is 0 Å². The highest BCUT2D eigenvalue weighted by Gasteiger charge is 2.38. The molecule has 36 heavy (non-hydrogen) atoms. The minimum atomic E-state index is -0.307. The lowest BCUT2D eigenvalue weighted by Crippen LogP contribution is -2.45. The highest BCUT2D eigenvalue weighted by atomic mass is 16.5. The van der Waals surface area contributed by atoms with Crippen LogP contribution in [0.2, 0.25) is 0 Å². The summed E-state index contributed by atoms with van der Waals surface area (Å²) in [7, 11) is 1.44. The van der Waals surface area contributed by atoms with E-state index in [1.54, 1.807) is 0 Å². The smallest absolute Gasteiger partial charge is 0.338 e. The molecule has 1 aliphatic carbocycles. The summed E-state index contributed by atoms with van der Waals surface area (Å²) in [6.07, 6.45) is 7.43. The van der Waals surface area contributed by atoms with Gasteiger partial charge < -0.3 is 18.9 Å². The van der Waals surface area contributed by atoms with E-state index >= 15 is 0 Å². The fourth-order valence-electron chi connectivity index (χ4n) is 6.70. The normalized spacial score (nSPS) is 20.5. The first-order valence-corrected chi connectivity index (χ1v) is 13.4. The molecule has 0 bridgehead atoms. The van der Waals surface area contributed by atoms with E-state index in [4.69, 9.17) is 9.47 Å². The van der Waals surface area contributed by atoms with Gasteiger partial charge in [-0.2, -0.15) is 0 Å². The SMILES string of the molecule is COC(=O)c1ccc2c(C3CCCCC3)c(-c3ccccc3)n3c2c1CCC3C(=O)N1CCOCC1. The van der Waals surface area contributed by atoms with Crippen molar-refractivity contribution in [2.45, 2.75) is 56.9 Å². The number of carbonyl (C=O) groups excluding carboxylic acids is 2. The quantitative estimate of drug-likeness (QED) is 0.458. The molecule has 2 fully saturated rings. The monoisotopic (exact) mass is 486 g/mol. The number of carbonyl (C=O) groups is 2. The van der Waals surface area contributed by atoms with Gasteiger partial charge in [-0.25, -0.2) is 4.79 Å². The van der Waals surface area contributed by atoms with Gasteiger partial charge in [-0.15, -0.1) is 0 Å². The molecule has 1 saturated carbocycles. The summed E-state index contributed by atoms with van der Waals surface area (Å²) < 4.78 is 13.0.